The molecule has 7 nitrogen and oxygen atoms in total. The number of imidazole rings is 1. The lowest BCUT2D eigenvalue weighted by Gasteiger charge is -2.10. The predicted octanol–water partition coefficient (Wildman–Crippen LogP) is 2.18. The van der Waals surface area contributed by atoms with Gasteiger partial charge in [-0.1, -0.05) is 12.1 Å². The molecule has 2 N–H and O–H groups in total. The van der Waals surface area contributed by atoms with E-state index in [1.165, 1.54) is 11.6 Å². The Morgan fingerprint density at radius 1 is 1.30 bits per heavy atom. The van der Waals surface area contributed by atoms with E-state index in [-0.39, 0.29) is 12.1 Å². The Bertz CT molecular complexity index is 648. The number of ether oxygens (including phenoxy) is 1. The molecule has 106 valence electrons. The largest absolute Gasteiger partial charge is 0.447 e. The molecule has 0 aliphatic heterocycles. The van der Waals surface area contributed by atoms with Crippen molar-refractivity contribution < 1.29 is 14.3 Å². The summed E-state index contributed by atoms with van der Waals surface area (Å²) in [5.41, 5.74) is 1.21. The molecule has 0 fully saturated rings. The van der Waals surface area contributed by atoms with Gasteiger partial charge in [0.25, 0.3) is 0 Å². The van der Waals surface area contributed by atoms with Gasteiger partial charge in [-0.05, 0) is 26.0 Å². The normalized spacial score (nSPS) is 10.6. The number of benzene rings is 1. The Hall–Kier alpha value is -2.57. The zero-order valence-corrected chi connectivity index (χ0v) is 11.5. The summed E-state index contributed by atoms with van der Waals surface area (Å²) >= 11 is 0. The second kappa shape index (κ2) is 5.60. The molecular weight excluding hydrogens is 260 g/mol. The number of nitrogens with one attached hydrogen (secondary N) is 2. The maximum atomic E-state index is 11.9. The molecule has 0 spiro atoms. The van der Waals surface area contributed by atoms with Crippen LogP contribution in [0.4, 0.5) is 15.5 Å². The maximum absolute atomic E-state index is 11.9. The summed E-state index contributed by atoms with van der Waals surface area (Å²) in [6.45, 7) is 3.47. The number of anilines is 1. The number of hydrogen-bond donors (Lipinski definition) is 2. The van der Waals surface area contributed by atoms with Gasteiger partial charge in [0.05, 0.1) is 17.1 Å². The van der Waals surface area contributed by atoms with Crippen LogP contribution in [0, 0.1) is 0 Å². The molecule has 7 heteroatoms. The van der Waals surface area contributed by atoms with E-state index in [1.54, 1.807) is 38.1 Å². The lowest BCUT2D eigenvalue weighted by Crippen LogP contribution is -2.28. The van der Waals surface area contributed by atoms with Crippen LogP contribution in [0.25, 0.3) is 11.0 Å². The molecule has 0 bridgehead atoms. The van der Waals surface area contributed by atoms with Crippen molar-refractivity contribution in [3.05, 3.63) is 24.3 Å². The second-order valence-electron chi connectivity index (χ2n) is 4.39. The Morgan fingerprint density at radius 2 is 2.00 bits per heavy atom. The summed E-state index contributed by atoms with van der Waals surface area (Å²) in [5.74, 6) is 0.121. The number of amides is 2. The Morgan fingerprint density at radius 3 is 2.65 bits per heavy atom. The summed E-state index contributed by atoms with van der Waals surface area (Å²) in [6.07, 6.45) is -0.909. The number of para-hydroxylation sites is 2. The van der Waals surface area contributed by atoms with Gasteiger partial charge in [-0.3, -0.25) is 5.32 Å². The summed E-state index contributed by atoms with van der Waals surface area (Å²) < 4.78 is 6.27. The number of aromatic nitrogens is 2. The van der Waals surface area contributed by atoms with E-state index in [0.29, 0.717) is 11.0 Å². The Balaban J connectivity index is 2.41. The van der Waals surface area contributed by atoms with E-state index < -0.39 is 12.1 Å². The van der Waals surface area contributed by atoms with Crippen molar-refractivity contribution in [1.82, 2.24) is 14.9 Å². The minimum Gasteiger partial charge on any atom is -0.447 e. The van der Waals surface area contributed by atoms with Gasteiger partial charge in [-0.25, -0.2) is 19.1 Å². The summed E-state index contributed by atoms with van der Waals surface area (Å²) in [4.78, 5) is 27.8. The Kier molecular flexibility index (Phi) is 3.88. The van der Waals surface area contributed by atoms with Gasteiger partial charge >= 0.3 is 12.1 Å². The van der Waals surface area contributed by atoms with Crippen molar-refractivity contribution >= 4 is 29.1 Å². The zero-order chi connectivity index (χ0) is 14.7. The van der Waals surface area contributed by atoms with Crippen LogP contribution >= 0.6 is 0 Å². The SMILES string of the molecule is CNC(=O)n1c(NC(=O)OC(C)C)nc2ccccc21. The molecule has 1 aromatic carbocycles. The number of hydrogen-bond acceptors (Lipinski definition) is 4. The topological polar surface area (TPSA) is 85.2 Å². The van der Waals surface area contributed by atoms with Crippen molar-refractivity contribution in [2.24, 2.45) is 0 Å². The smallest absolute Gasteiger partial charge is 0.414 e. The molecule has 2 rings (SSSR count). The summed E-state index contributed by atoms with van der Waals surface area (Å²) in [6, 6.07) is 6.71. The predicted molar refractivity (Wildman–Crippen MR) is 74.8 cm³/mol. The molecule has 0 saturated carbocycles. The van der Waals surface area contributed by atoms with E-state index in [2.05, 4.69) is 15.6 Å². The van der Waals surface area contributed by atoms with Gasteiger partial charge in [-0.2, -0.15) is 0 Å². The molecular formula is C13H16N4O3. The number of nitrogens with zero attached hydrogens (tertiary/aromatic N) is 2. The van der Waals surface area contributed by atoms with Gasteiger partial charge in [0.1, 0.15) is 0 Å². The van der Waals surface area contributed by atoms with Crippen LogP contribution < -0.4 is 10.6 Å². The lowest BCUT2D eigenvalue weighted by atomic mass is 10.3. The highest BCUT2D eigenvalue weighted by Gasteiger charge is 2.18. The maximum Gasteiger partial charge on any atom is 0.414 e. The zero-order valence-electron chi connectivity index (χ0n) is 11.5. The van der Waals surface area contributed by atoms with Gasteiger partial charge in [0.15, 0.2) is 0 Å². The highest BCUT2D eigenvalue weighted by Crippen LogP contribution is 2.19. The third kappa shape index (κ3) is 2.71. The first-order chi connectivity index (χ1) is 9.52. The molecule has 0 aliphatic rings. The van der Waals surface area contributed by atoms with Gasteiger partial charge in [-0.15, -0.1) is 0 Å². The second-order valence-corrected chi connectivity index (χ2v) is 4.39. The molecule has 0 saturated heterocycles. The molecule has 2 amide bonds. The van der Waals surface area contributed by atoms with Gasteiger partial charge in [0, 0.05) is 7.05 Å². The molecule has 1 heterocycles. The molecule has 1 aromatic heterocycles. The van der Waals surface area contributed by atoms with Gasteiger partial charge in [0.2, 0.25) is 5.95 Å². The lowest BCUT2D eigenvalue weighted by molar-refractivity contribution is 0.129. The molecule has 0 unspecified atom stereocenters. The first kappa shape index (κ1) is 13.9. The van der Waals surface area contributed by atoms with Crippen LogP contribution in [-0.2, 0) is 4.74 Å². The standard InChI is InChI=1S/C13H16N4O3/c1-8(2)20-13(19)16-11-15-9-6-4-5-7-10(9)17(11)12(18)14-3/h4-8H,1-3H3,(H,14,18)(H,15,16,19). The third-order valence-electron chi connectivity index (χ3n) is 2.53. The highest BCUT2D eigenvalue weighted by atomic mass is 16.6. The fraction of sp³-hybridized carbons (Fsp3) is 0.308. The van der Waals surface area contributed by atoms with Crippen molar-refractivity contribution in [2.45, 2.75) is 20.0 Å². The minimum atomic E-state index is -0.652. The van der Waals surface area contributed by atoms with Crippen LogP contribution in [0.5, 0.6) is 0 Å². The average Bonchev–Trinajstić information content (AvgIpc) is 2.74. The van der Waals surface area contributed by atoms with Gasteiger partial charge < -0.3 is 10.1 Å². The number of carbonyl (C=O) groups is 2. The molecule has 0 aliphatic carbocycles. The molecule has 2 aromatic rings. The van der Waals surface area contributed by atoms with Crippen LogP contribution in [-0.4, -0.2) is 34.8 Å². The highest BCUT2D eigenvalue weighted by molar-refractivity contribution is 5.96. The fourth-order valence-corrected chi connectivity index (χ4v) is 1.76. The van der Waals surface area contributed by atoms with E-state index in [9.17, 15) is 9.59 Å². The summed E-state index contributed by atoms with van der Waals surface area (Å²) in [7, 11) is 1.51. The van der Waals surface area contributed by atoms with Crippen molar-refractivity contribution in [3.63, 3.8) is 0 Å². The first-order valence-electron chi connectivity index (χ1n) is 6.20. The van der Waals surface area contributed by atoms with Crippen LogP contribution in [0.1, 0.15) is 13.8 Å². The number of rotatable bonds is 2. The van der Waals surface area contributed by atoms with E-state index in [1.807, 2.05) is 0 Å². The van der Waals surface area contributed by atoms with Crippen LogP contribution in [0.3, 0.4) is 0 Å². The number of carbonyl (C=O) groups excluding carboxylic acids is 2. The van der Waals surface area contributed by atoms with Crippen LogP contribution in [0.2, 0.25) is 0 Å². The van der Waals surface area contributed by atoms with Crippen molar-refractivity contribution in [1.29, 1.82) is 0 Å². The van der Waals surface area contributed by atoms with Crippen LogP contribution in [0.15, 0.2) is 24.3 Å². The average molecular weight is 276 g/mol. The molecule has 20 heavy (non-hydrogen) atoms. The quantitative estimate of drug-likeness (QED) is 0.880. The van der Waals surface area contributed by atoms with E-state index in [0.717, 1.165) is 0 Å². The minimum absolute atomic E-state index is 0.121. The Labute approximate surface area is 115 Å². The third-order valence-corrected chi connectivity index (χ3v) is 2.53. The summed E-state index contributed by atoms with van der Waals surface area (Å²) in [5, 5.41) is 4.98. The van der Waals surface area contributed by atoms with E-state index in [4.69, 9.17) is 4.74 Å². The molecule has 0 atom stereocenters. The van der Waals surface area contributed by atoms with E-state index >= 15 is 0 Å². The van der Waals surface area contributed by atoms with Crippen molar-refractivity contribution in [2.75, 3.05) is 12.4 Å². The first-order valence-corrected chi connectivity index (χ1v) is 6.20. The molecule has 0 radical (unpaired) electrons. The fourth-order valence-electron chi connectivity index (χ4n) is 1.76. The van der Waals surface area contributed by atoms with Crippen molar-refractivity contribution in [3.8, 4) is 0 Å². The number of fused-ring (bicyclic) bond motifs is 1. The monoisotopic (exact) mass is 276 g/mol.